The Labute approximate surface area is 171 Å². The van der Waals surface area contributed by atoms with Crippen LogP contribution in [-0.4, -0.2) is 37.1 Å². The molecule has 3 aromatic rings. The van der Waals surface area contributed by atoms with Gasteiger partial charge in [-0.25, -0.2) is 5.43 Å². The number of ether oxygens (including phenoxy) is 2. The predicted octanol–water partition coefficient (Wildman–Crippen LogP) is 4.15. The summed E-state index contributed by atoms with van der Waals surface area (Å²) in [5.41, 5.74) is 4.06. The minimum Gasteiger partial charge on any atom is -0.493 e. The van der Waals surface area contributed by atoms with E-state index >= 15 is 0 Å². The Morgan fingerprint density at radius 1 is 1.25 bits per heavy atom. The molecule has 0 aliphatic heterocycles. The second-order valence-electron chi connectivity index (χ2n) is 5.65. The summed E-state index contributed by atoms with van der Waals surface area (Å²) in [5, 5.41) is 5.41. The van der Waals surface area contributed by atoms with E-state index in [9.17, 15) is 4.79 Å². The van der Waals surface area contributed by atoms with Crippen molar-refractivity contribution in [2.75, 3.05) is 20.0 Å². The molecule has 0 aliphatic rings. The van der Waals surface area contributed by atoms with Gasteiger partial charge >= 0.3 is 0 Å². The Morgan fingerprint density at radius 3 is 2.86 bits per heavy atom. The van der Waals surface area contributed by atoms with E-state index in [2.05, 4.69) is 15.5 Å². The molecule has 0 radical (unpaired) electrons. The monoisotopic (exact) mass is 415 g/mol. The first-order valence-corrected chi connectivity index (χ1v) is 9.68. The van der Waals surface area contributed by atoms with Gasteiger partial charge in [-0.2, -0.15) is 5.10 Å². The molecular weight excluding hydrogens is 398 g/mol. The number of nitrogens with one attached hydrogen (secondary N) is 1. The van der Waals surface area contributed by atoms with Gasteiger partial charge in [0.25, 0.3) is 0 Å². The number of benzene rings is 2. The van der Waals surface area contributed by atoms with Crippen molar-refractivity contribution in [3.63, 3.8) is 0 Å². The summed E-state index contributed by atoms with van der Waals surface area (Å²) in [6.45, 7) is 0. The molecule has 1 N–H and O–H groups in total. The Balaban J connectivity index is 1.60. The van der Waals surface area contributed by atoms with E-state index in [0.717, 1.165) is 15.8 Å². The van der Waals surface area contributed by atoms with Gasteiger partial charge in [0, 0.05) is 16.5 Å². The minimum atomic E-state index is -0.222. The van der Waals surface area contributed by atoms with E-state index in [4.69, 9.17) is 21.1 Å². The summed E-state index contributed by atoms with van der Waals surface area (Å²) in [4.78, 5) is 17.4. The molecule has 1 amide bonds. The van der Waals surface area contributed by atoms with Crippen LogP contribution in [0.2, 0.25) is 5.02 Å². The predicted molar refractivity (Wildman–Crippen MR) is 113 cm³/mol. The Morgan fingerprint density at radius 2 is 2.07 bits per heavy atom. The second kappa shape index (κ2) is 9.43. The lowest BCUT2D eigenvalue weighted by Gasteiger charge is -2.09. The molecule has 144 valence electrons. The van der Waals surface area contributed by atoms with Crippen molar-refractivity contribution >= 4 is 46.4 Å². The average Bonchev–Trinajstić information content (AvgIpc) is 2.71. The first kappa shape index (κ1) is 20.0. The number of rotatable bonds is 7. The largest absolute Gasteiger partial charge is 0.493 e. The van der Waals surface area contributed by atoms with Crippen molar-refractivity contribution in [2.24, 2.45) is 5.10 Å². The van der Waals surface area contributed by atoms with Crippen LogP contribution in [0.4, 0.5) is 0 Å². The van der Waals surface area contributed by atoms with E-state index in [1.54, 1.807) is 18.3 Å². The van der Waals surface area contributed by atoms with Crippen LogP contribution in [0.3, 0.4) is 0 Å². The van der Waals surface area contributed by atoms with Crippen LogP contribution in [0, 0.1) is 0 Å². The van der Waals surface area contributed by atoms with Crippen LogP contribution in [0.1, 0.15) is 5.56 Å². The number of methoxy groups -OCH3 is 2. The van der Waals surface area contributed by atoms with Gasteiger partial charge in [0.15, 0.2) is 11.5 Å². The number of carbonyl (C=O) groups is 1. The van der Waals surface area contributed by atoms with Gasteiger partial charge in [-0.15, -0.1) is 11.8 Å². The Bertz CT molecular complexity index is 1020. The summed E-state index contributed by atoms with van der Waals surface area (Å²) >= 11 is 7.57. The van der Waals surface area contributed by atoms with Gasteiger partial charge < -0.3 is 9.47 Å². The smallest absolute Gasteiger partial charge is 0.250 e. The molecule has 2 aromatic carbocycles. The summed E-state index contributed by atoms with van der Waals surface area (Å²) in [6.07, 6.45) is 3.24. The van der Waals surface area contributed by atoms with Crippen LogP contribution in [0.25, 0.3) is 10.9 Å². The maximum atomic E-state index is 12.1. The number of fused-ring (bicyclic) bond motifs is 1. The number of carbonyl (C=O) groups excluding carboxylic acids is 1. The lowest BCUT2D eigenvalue weighted by Crippen LogP contribution is -2.19. The van der Waals surface area contributed by atoms with Crippen molar-refractivity contribution in [1.82, 2.24) is 10.4 Å². The third-order valence-corrected chi connectivity index (χ3v) is 5.14. The zero-order valence-corrected chi connectivity index (χ0v) is 16.9. The van der Waals surface area contributed by atoms with E-state index in [1.165, 1.54) is 32.2 Å². The number of hydrazone groups is 1. The van der Waals surface area contributed by atoms with Crippen molar-refractivity contribution in [3.05, 3.63) is 59.2 Å². The molecule has 6 nitrogen and oxygen atoms in total. The molecule has 0 saturated carbocycles. The highest BCUT2D eigenvalue weighted by Crippen LogP contribution is 2.35. The van der Waals surface area contributed by atoms with Gasteiger partial charge in [0.05, 0.1) is 36.7 Å². The number of pyridine rings is 1. The molecule has 8 heteroatoms. The number of amides is 1. The lowest BCUT2D eigenvalue weighted by molar-refractivity contribution is -0.118. The summed E-state index contributed by atoms with van der Waals surface area (Å²) < 4.78 is 10.4. The lowest BCUT2D eigenvalue weighted by atomic mass is 10.2. The number of thioether (sulfide) groups is 1. The van der Waals surface area contributed by atoms with Crippen LogP contribution >= 0.6 is 23.4 Å². The SMILES string of the molecule is COc1cc(/C=N/NC(=O)CSc2cccc3cccnc23)cc(Cl)c1OC. The minimum absolute atomic E-state index is 0.222. The zero-order valence-electron chi connectivity index (χ0n) is 15.3. The fourth-order valence-corrected chi connectivity index (χ4v) is 3.69. The first-order valence-electron chi connectivity index (χ1n) is 8.32. The van der Waals surface area contributed by atoms with Gasteiger partial charge in [-0.05, 0) is 29.8 Å². The summed E-state index contributed by atoms with van der Waals surface area (Å²) in [5.74, 6) is 0.938. The standard InChI is InChI=1S/C20H18ClN3O3S/c1-26-16-10-13(9-15(21)20(16)27-2)11-23-24-18(25)12-28-17-7-3-5-14-6-4-8-22-19(14)17/h3-11H,12H2,1-2H3,(H,24,25)/b23-11+. The molecule has 0 unspecified atom stereocenters. The molecule has 1 heterocycles. The topological polar surface area (TPSA) is 72.8 Å². The quantitative estimate of drug-likeness (QED) is 0.356. The highest BCUT2D eigenvalue weighted by molar-refractivity contribution is 8.00. The van der Waals surface area contributed by atoms with Crippen LogP contribution in [-0.2, 0) is 4.79 Å². The molecule has 0 bridgehead atoms. The van der Waals surface area contributed by atoms with E-state index in [0.29, 0.717) is 22.1 Å². The van der Waals surface area contributed by atoms with E-state index in [1.807, 2.05) is 30.3 Å². The fourth-order valence-electron chi connectivity index (χ4n) is 2.56. The molecule has 0 saturated heterocycles. The van der Waals surface area contributed by atoms with Crippen LogP contribution in [0.5, 0.6) is 11.5 Å². The Hall–Kier alpha value is -2.77. The summed E-state index contributed by atoms with van der Waals surface area (Å²) in [6, 6.07) is 13.2. The van der Waals surface area contributed by atoms with E-state index < -0.39 is 0 Å². The number of hydrogen-bond donors (Lipinski definition) is 1. The first-order chi connectivity index (χ1) is 13.6. The van der Waals surface area contributed by atoms with E-state index in [-0.39, 0.29) is 11.7 Å². The van der Waals surface area contributed by atoms with Gasteiger partial charge in [-0.1, -0.05) is 29.8 Å². The Kier molecular flexibility index (Phi) is 6.73. The zero-order chi connectivity index (χ0) is 19.9. The highest BCUT2D eigenvalue weighted by Gasteiger charge is 2.10. The molecule has 28 heavy (non-hydrogen) atoms. The van der Waals surface area contributed by atoms with Gasteiger partial charge in [0.1, 0.15) is 0 Å². The number of nitrogens with zero attached hydrogens (tertiary/aromatic N) is 2. The number of aromatic nitrogens is 1. The third kappa shape index (κ3) is 4.74. The normalized spacial score (nSPS) is 11.0. The number of hydrogen-bond acceptors (Lipinski definition) is 6. The fraction of sp³-hybridized carbons (Fsp3) is 0.150. The van der Waals surface area contributed by atoms with Crippen molar-refractivity contribution in [1.29, 1.82) is 0 Å². The van der Waals surface area contributed by atoms with Crippen LogP contribution < -0.4 is 14.9 Å². The summed E-state index contributed by atoms with van der Waals surface area (Å²) in [7, 11) is 3.04. The third-order valence-electron chi connectivity index (χ3n) is 3.81. The van der Waals surface area contributed by atoms with Crippen molar-refractivity contribution in [3.8, 4) is 11.5 Å². The molecule has 1 aromatic heterocycles. The maximum absolute atomic E-state index is 12.1. The molecule has 0 aliphatic carbocycles. The van der Waals surface area contributed by atoms with Crippen molar-refractivity contribution < 1.29 is 14.3 Å². The van der Waals surface area contributed by atoms with Crippen LogP contribution in [0.15, 0.2) is 58.7 Å². The number of para-hydroxylation sites is 1. The van der Waals surface area contributed by atoms with Crippen molar-refractivity contribution in [2.45, 2.75) is 4.90 Å². The molecular formula is C20H18ClN3O3S. The van der Waals surface area contributed by atoms with Gasteiger partial charge in [0.2, 0.25) is 5.91 Å². The molecule has 3 rings (SSSR count). The molecule has 0 atom stereocenters. The van der Waals surface area contributed by atoms with Gasteiger partial charge in [-0.3, -0.25) is 9.78 Å². The number of halogens is 1. The molecule has 0 fully saturated rings. The maximum Gasteiger partial charge on any atom is 0.250 e. The average molecular weight is 416 g/mol. The second-order valence-corrected chi connectivity index (χ2v) is 7.08. The molecule has 0 spiro atoms. The highest BCUT2D eigenvalue weighted by atomic mass is 35.5.